The minimum absolute atomic E-state index is 0.0657. The third-order valence-corrected chi connectivity index (χ3v) is 5.03. The van der Waals surface area contributed by atoms with E-state index in [9.17, 15) is 0 Å². The quantitative estimate of drug-likeness (QED) is 0.572. The van der Waals surface area contributed by atoms with Crippen molar-refractivity contribution in [1.29, 1.82) is 0 Å². The summed E-state index contributed by atoms with van der Waals surface area (Å²) in [4.78, 5) is 2.14. The zero-order chi connectivity index (χ0) is 15.5. The molecule has 21 heavy (non-hydrogen) atoms. The van der Waals surface area contributed by atoms with Crippen LogP contribution in [0.15, 0.2) is 10.7 Å². The van der Waals surface area contributed by atoms with Gasteiger partial charge in [0.1, 0.15) is 0 Å². The van der Waals surface area contributed by atoms with Crippen LogP contribution in [-0.2, 0) is 11.3 Å². The van der Waals surface area contributed by atoms with Crippen LogP contribution in [0.3, 0.4) is 0 Å². The van der Waals surface area contributed by atoms with Gasteiger partial charge in [-0.15, -0.1) is 0 Å². The molecule has 7 heteroatoms. The van der Waals surface area contributed by atoms with Gasteiger partial charge in [0, 0.05) is 13.7 Å². The molecule has 0 spiro atoms. The van der Waals surface area contributed by atoms with Crippen molar-refractivity contribution in [2.75, 3.05) is 27.7 Å². The highest BCUT2D eigenvalue weighted by Gasteiger charge is 2.44. The summed E-state index contributed by atoms with van der Waals surface area (Å²) in [5, 5.41) is 4.49. The second-order valence-corrected chi connectivity index (χ2v) is 6.83. The molecule has 0 amide bonds. The van der Waals surface area contributed by atoms with Crippen LogP contribution in [0.2, 0.25) is 0 Å². The van der Waals surface area contributed by atoms with E-state index in [1.165, 1.54) is 12.8 Å². The third kappa shape index (κ3) is 3.48. The molecule has 1 saturated carbocycles. The number of rotatable bonds is 7. The van der Waals surface area contributed by atoms with Gasteiger partial charge >= 0.3 is 0 Å². The summed E-state index contributed by atoms with van der Waals surface area (Å²) in [5.74, 6) is 5.90. The molecule has 1 aromatic heterocycles. The van der Waals surface area contributed by atoms with E-state index in [1.54, 1.807) is 7.11 Å². The van der Waals surface area contributed by atoms with Crippen molar-refractivity contribution in [3.8, 4) is 0 Å². The van der Waals surface area contributed by atoms with E-state index in [0.29, 0.717) is 0 Å². The van der Waals surface area contributed by atoms with Crippen LogP contribution in [0.5, 0.6) is 0 Å². The summed E-state index contributed by atoms with van der Waals surface area (Å²) in [6.45, 7) is 1.75. The lowest BCUT2D eigenvalue weighted by atomic mass is 9.90. The van der Waals surface area contributed by atoms with E-state index in [1.807, 2.05) is 10.9 Å². The fourth-order valence-electron chi connectivity index (χ4n) is 3.20. The number of hydrogen-bond donors (Lipinski definition) is 2. The van der Waals surface area contributed by atoms with Gasteiger partial charge in [-0.2, -0.15) is 5.10 Å². The van der Waals surface area contributed by atoms with Gasteiger partial charge < -0.3 is 9.64 Å². The molecule has 0 bridgehead atoms. The first-order chi connectivity index (χ1) is 10.0. The molecule has 6 nitrogen and oxygen atoms in total. The van der Waals surface area contributed by atoms with E-state index >= 15 is 0 Å². The zero-order valence-electron chi connectivity index (χ0n) is 13.1. The summed E-state index contributed by atoms with van der Waals surface area (Å²) >= 11 is 3.62. The highest BCUT2D eigenvalue weighted by molar-refractivity contribution is 9.10. The Hall–Kier alpha value is -0.470. The van der Waals surface area contributed by atoms with Gasteiger partial charge in [-0.25, -0.2) is 5.43 Å². The van der Waals surface area contributed by atoms with Gasteiger partial charge in [-0.3, -0.25) is 10.5 Å². The number of likely N-dealkylation sites (N-methyl/N-ethyl adjacent to an activating group) is 1. The Morgan fingerprint density at radius 1 is 1.52 bits per heavy atom. The van der Waals surface area contributed by atoms with Crippen LogP contribution >= 0.6 is 15.9 Å². The van der Waals surface area contributed by atoms with Crippen LogP contribution in [0.25, 0.3) is 0 Å². The zero-order valence-corrected chi connectivity index (χ0v) is 14.7. The second-order valence-electron chi connectivity index (χ2n) is 5.98. The Bertz CT molecular complexity index is 456. The van der Waals surface area contributed by atoms with E-state index in [0.717, 1.165) is 36.1 Å². The Morgan fingerprint density at radius 3 is 2.71 bits per heavy atom. The van der Waals surface area contributed by atoms with E-state index in [2.05, 4.69) is 45.4 Å². The summed E-state index contributed by atoms with van der Waals surface area (Å²) in [7, 11) is 5.90. The lowest BCUT2D eigenvalue weighted by Gasteiger charge is -2.36. The van der Waals surface area contributed by atoms with Crippen molar-refractivity contribution in [1.82, 2.24) is 20.1 Å². The number of ether oxygens (including phenoxy) is 1. The topological polar surface area (TPSA) is 68.3 Å². The molecule has 2 rings (SSSR count). The van der Waals surface area contributed by atoms with E-state index in [4.69, 9.17) is 10.6 Å². The van der Waals surface area contributed by atoms with E-state index in [-0.39, 0.29) is 11.6 Å². The van der Waals surface area contributed by atoms with Crippen LogP contribution < -0.4 is 11.3 Å². The number of nitrogens with two attached hydrogens (primary N) is 1. The number of nitrogens with zero attached hydrogens (tertiary/aromatic N) is 3. The molecule has 1 atom stereocenters. The molecule has 0 saturated heterocycles. The lowest BCUT2D eigenvalue weighted by molar-refractivity contribution is -0.0393. The average molecular weight is 360 g/mol. The molecule has 0 radical (unpaired) electrons. The normalized spacial score (nSPS) is 19.3. The number of nitrogens with one attached hydrogen (secondary N) is 1. The standard InChI is InChI=1S/C14H26BrN5O/c1-19(2)8-9-20-12(11(15)10-17-20)13(18-16)14(21-3)6-4-5-7-14/h10,13,18H,4-9,16H2,1-3H3. The van der Waals surface area contributed by atoms with Gasteiger partial charge in [0.05, 0.1) is 34.6 Å². The first-order valence-corrected chi connectivity index (χ1v) is 8.20. The van der Waals surface area contributed by atoms with Gasteiger partial charge in [0.25, 0.3) is 0 Å². The number of aromatic nitrogens is 2. The largest absolute Gasteiger partial charge is 0.376 e. The molecule has 1 aromatic rings. The monoisotopic (exact) mass is 359 g/mol. The summed E-state index contributed by atoms with van der Waals surface area (Å²) < 4.78 is 8.90. The number of methoxy groups -OCH3 is 1. The number of hydrogen-bond acceptors (Lipinski definition) is 5. The van der Waals surface area contributed by atoms with Crippen molar-refractivity contribution in [2.45, 2.75) is 43.9 Å². The van der Waals surface area contributed by atoms with Crippen LogP contribution in [0.4, 0.5) is 0 Å². The van der Waals surface area contributed by atoms with Crippen LogP contribution in [-0.4, -0.2) is 48.0 Å². The molecule has 1 unspecified atom stereocenters. The van der Waals surface area contributed by atoms with Crippen LogP contribution in [0, 0.1) is 0 Å². The first-order valence-electron chi connectivity index (χ1n) is 7.41. The van der Waals surface area contributed by atoms with Gasteiger partial charge in [-0.1, -0.05) is 12.8 Å². The molecule has 0 aliphatic heterocycles. The second kappa shape index (κ2) is 7.19. The van der Waals surface area contributed by atoms with Crippen molar-refractivity contribution in [3.63, 3.8) is 0 Å². The lowest BCUT2D eigenvalue weighted by Crippen LogP contribution is -2.47. The maximum Gasteiger partial charge on any atom is 0.0929 e. The first kappa shape index (κ1) is 16.9. The molecule has 1 fully saturated rings. The van der Waals surface area contributed by atoms with E-state index < -0.39 is 0 Å². The minimum Gasteiger partial charge on any atom is -0.376 e. The number of halogens is 1. The van der Waals surface area contributed by atoms with Crippen molar-refractivity contribution in [2.24, 2.45) is 5.84 Å². The SMILES string of the molecule is COC1(C(NN)c2c(Br)cnn2CCN(C)C)CCCC1. The fraction of sp³-hybridized carbons (Fsp3) is 0.786. The Balaban J connectivity index is 2.31. The van der Waals surface area contributed by atoms with Gasteiger partial charge in [-0.05, 0) is 42.9 Å². The summed E-state index contributed by atoms with van der Waals surface area (Å²) in [6.07, 6.45) is 6.23. The van der Waals surface area contributed by atoms with Crippen molar-refractivity contribution < 1.29 is 4.74 Å². The summed E-state index contributed by atoms with van der Waals surface area (Å²) in [5.41, 5.74) is 3.81. The smallest absolute Gasteiger partial charge is 0.0929 e. The highest BCUT2D eigenvalue weighted by Crippen LogP contribution is 2.43. The number of hydrazine groups is 1. The summed E-state index contributed by atoms with van der Waals surface area (Å²) in [6, 6.07) is -0.0657. The molecule has 1 aliphatic carbocycles. The molecular weight excluding hydrogens is 334 g/mol. The Morgan fingerprint density at radius 2 is 2.19 bits per heavy atom. The molecule has 120 valence electrons. The van der Waals surface area contributed by atoms with Gasteiger partial charge in [0.2, 0.25) is 0 Å². The van der Waals surface area contributed by atoms with Crippen molar-refractivity contribution in [3.05, 3.63) is 16.4 Å². The molecule has 0 aromatic carbocycles. The Labute approximate surface area is 135 Å². The van der Waals surface area contributed by atoms with Gasteiger partial charge in [0.15, 0.2) is 0 Å². The molecule has 1 aliphatic rings. The average Bonchev–Trinajstić information content (AvgIpc) is 3.07. The minimum atomic E-state index is -0.243. The highest BCUT2D eigenvalue weighted by atomic mass is 79.9. The van der Waals surface area contributed by atoms with Crippen molar-refractivity contribution >= 4 is 15.9 Å². The maximum atomic E-state index is 5.90. The third-order valence-electron chi connectivity index (χ3n) is 4.41. The predicted octanol–water partition coefficient (Wildman–Crippen LogP) is 1.67. The molecule has 1 heterocycles. The molecular formula is C14H26BrN5O. The maximum absolute atomic E-state index is 5.90. The molecule has 3 N–H and O–H groups in total. The van der Waals surface area contributed by atoms with Crippen LogP contribution in [0.1, 0.15) is 37.4 Å². The predicted molar refractivity (Wildman–Crippen MR) is 86.8 cm³/mol. The Kier molecular flexibility index (Phi) is 5.79. The fourth-order valence-corrected chi connectivity index (χ4v) is 3.72.